The van der Waals surface area contributed by atoms with Gasteiger partial charge in [-0.2, -0.15) is 5.10 Å². The first-order chi connectivity index (χ1) is 12.7. The highest BCUT2D eigenvalue weighted by Crippen LogP contribution is 2.44. The van der Waals surface area contributed by atoms with E-state index in [1.807, 2.05) is 36.6 Å². The first-order valence-corrected chi connectivity index (χ1v) is 8.92. The summed E-state index contributed by atoms with van der Waals surface area (Å²) in [4.78, 5) is 23.7. The Morgan fingerprint density at radius 3 is 2.85 bits per heavy atom. The van der Waals surface area contributed by atoms with Crippen molar-refractivity contribution < 1.29 is 4.79 Å². The zero-order valence-corrected chi connectivity index (χ0v) is 14.7. The molecule has 0 aromatic carbocycles. The van der Waals surface area contributed by atoms with Crippen LogP contribution in [0.25, 0.3) is 11.3 Å². The summed E-state index contributed by atoms with van der Waals surface area (Å²) in [7, 11) is 1.83. The van der Waals surface area contributed by atoms with Gasteiger partial charge in [0, 0.05) is 56.3 Å². The molecule has 3 aromatic rings. The van der Waals surface area contributed by atoms with Gasteiger partial charge in [-0.1, -0.05) is 0 Å². The van der Waals surface area contributed by atoms with E-state index in [1.54, 1.807) is 16.9 Å². The lowest BCUT2D eigenvalue weighted by Crippen LogP contribution is -2.34. The third-order valence-corrected chi connectivity index (χ3v) is 5.67. The van der Waals surface area contributed by atoms with Crippen molar-refractivity contribution in [2.45, 2.75) is 24.8 Å². The summed E-state index contributed by atoms with van der Waals surface area (Å²) in [5.41, 5.74) is 2.68. The van der Waals surface area contributed by atoms with Crippen molar-refractivity contribution >= 4 is 5.91 Å². The molecule has 3 aromatic heterocycles. The number of likely N-dealkylation sites (tertiary alicyclic amines) is 1. The van der Waals surface area contributed by atoms with Gasteiger partial charge in [-0.25, -0.2) is 4.98 Å². The fraction of sp³-hybridized carbons (Fsp3) is 0.368. The summed E-state index contributed by atoms with van der Waals surface area (Å²) in [6.45, 7) is 2.40. The largest absolute Gasteiger partial charge is 0.336 e. The number of aryl methyl sites for hydroxylation is 1. The molecule has 0 radical (unpaired) electrons. The minimum atomic E-state index is -0.0368. The predicted molar refractivity (Wildman–Crippen MR) is 95.5 cm³/mol. The van der Waals surface area contributed by atoms with E-state index in [1.165, 1.54) is 0 Å². The van der Waals surface area contributed by atoms with E-state index in [0.717, 1.165) is 43.0 Å². The minimum absolute atomic E-state index is 0.0139. The van der Waals surface area contributed by atoms with Gasteiger partial charge < -0.3 is 9.47 Å². The molecule has 1 saturated heterocycles. The van der Waals surface area contributed by atoms with Crippen LogP contribution in [0.3, 0.4) is 0 Å². The lowest BCUT2D eigenvalue weighted by molar-refractivity contribution is 0.0776. The van der Waals surface area contributed by atoms with Crippen molar-refractivity contribution in [3.63, 3.8) is 0 Å². The normalized spacial score (nSPS) is 21.5. The van der Waals surface area contributed by atoms with Gasteiger partial charge in [0.05, 0.1) is 11.9 Å². The fourth-order valence-electron chi connectivity index (χ4n) is 4.33. The summed E-state index contributed by atoms with van der Waals surface area (Å²) in [5, 5.41) is 4.26. The number of carbonyl (C=O) groups excluding carboxylic acids is 1. The molecule has 26 heavy (non-hydrogen) atoms. The lowest BCUT2D eigenvalue weighted by atomic mass is 9.85. The highest BCUT2D eigenvalue weighted by Gasteiger charge is 2.48. The van der Waals surface area contributed by atoms with Gasteiger partial charge in [-0.3, -0.25) is 14.5 Å². The van der Waals surface area contributed by atoms with Crippen LogP contribution in [-0.4, -0.2) is 48.2 Å². The van der Waals surface area contributed by atoms with Crippen LogP contribution in [0.4, 0.5) is 0 Å². The summed E-state index contributed by atoms with van der Waals surface area (Å²) in [6.07, 6.45) is 9.38. The molecule has 5 rings (SSSR count). The second kappa shape index (κ2) is 5.52. The molecular weight excluding hydrogens is 328 g/mol. The Morgan fingerprint density at radius 2 is 2.08 bits per heavy atom. The van der Waals surface area contributed by atoms with Gasteiger partial charge in [0.1, 0.15) is 11.5 Å². The van der Waals surface area contributed by atoms with Crippen LogP contribution in [0.2, 0.25) is 0 Å². The van der Waals surface area contributed by atoms with Crippen molar-refractivity contribution in [2.24, 2.45) is 7.05 Å². The van der Waals surface area contributed by atoms with Crippen LogP contribution in [0.15, 0.2) is 43.0 Å². The van der Waals surface area contributed by atoms with E-state index in [4.69, 9.17) is 4.98 Å². The standard InChI is InChI=1S/C19H20N6O/c1-23-8-4-15(22-23)17(26)24-9-5-19(13-24)6-10-25-16(12-21-18(19)25)14-3-2-7-20-11-14/h2-4,7-8,11-12H,5-6,9-10,13H2,1H3/t19-/m0/s1. The molecule has 7 nitrogen and oxygen atoms in total. The maximum Gasteiger partial charge on any atom is 0.274 e. The number of pyridine rings is 1. The smallest absolute Gasteiger partial charge is 0.274 e. The number of carbonyl (C=O) groups is 1. The SMILES string of the molecule is Cn1ccc(C(=O)N2CC[C@]3(CCn4c(-c5cccnc5)cnc43)C2)n1. The molecule has 0 unspecified atom stereocenters. The van der Waals surface area contributed by atoms with E-state index < -0.39 is 0 Å². The Labute approximate surface area is 151 Å². The van der Waals surface area contributed by atoms with Gasteiger partial charge in [-0.05, 0) is 31.0 Å². The molecule has 1 spiro atoms. The van der Waals surface area contributed by atoms with Gasteiger partial charge in [0.15, 0.2) is 0 Å². The topological polar surface area (TPSA) is 68.8 Å². The number of aromatic nitrogens is 5. The van der Waals surface area contributed by atoms with Gasteiger partial charge in [0.2, 0.25) is 0 Å². The monoisotopic (exact) mass is 348 g/mol. The van der Waals surface area contributed by atoms with Gasteiger partial charge in [-0.15, -0.1) is 0 Å². The highest BCUT2D eigenvalue weighted by atomic mass is 16.2. The number of nitrogens with zero attached hydrogens (tertiary/aromatic N) is 6. The molecule has 7 heteroatoms. The van der Waals surface area contributed by atoms with Crippen LogP contribution in [0.5, 0.6) is 0 Å². The maximum atomic E-state index is 12.8. The van der Waals surface area contributed by atoms with Crippen LogP contribution in [0.1, 0.15) is 29.2 Å². The second-order valence-electron chi connectivity index (χ2n) is 7.24. The quantitative estimate of drug-likeness (QED) is 0.709. The van der Waals surface area contributed by atoms with Crippen molar-refractivity contribution in [2.75, 3.05) is 13.1 Å². The zero-order chi connectivity index (χ0) is 17.7. The maximum absolute atomic E-state index is 12.8. The molecule has 1 atom stereocenters. The second-order valence-corrected chi connectivity index (χ2v) is 7.24. The molecular formula is C19H20N6O. The molecule has 0 aliphatic carbocycles. The lowest BCUT2D eigenvalue weighted by Gasteiger charge is -2.22. The average Bonchev–Trinajstić information content (AvgIpc) is 3.42. The fourth-order valence-corrected chi connectivity index (χ4v) is 4.33. The van der Waals surface area contributed by atoms with Gasteiger partial charge in [0.25, 0.3) is 5.91 Å². The highest BCUT2D eigenvalue weighted by molar-refractivity contribution is 5.92. The van der Waals surface area contributed by atoms with E-state index in [9.17, 15) is 4.79 Å². The Balaban J connectivity index is 1.43. The molecule has 132 valence electrons. The molecule has 0 N–H and O–H groups in total. The Bertz CT molecular complexity index is 975. The average molecular weight is 348 g/mol. The summed E-state index contributed by atoms with van der Waals surface area (Å²) >= 11 is 0. The van der Waals surface area contributed by atoms with Crippen molar-refractivity contribution in [1.82, 2.24) is 29.2 Å². The van der Waals surface area contributed by atoms with Gasteiger partial charge >= 0.3 is 0 Å². The van der Waals surface area contributed by atoms with E-state index in [-0.39, 0.29) is 11.3 Å². The molecule has 1 fully saturated rings. The number of imidazole rings is 1. The van der Waals surface area contributed by atoms with Crippen molar-refractivity contribution in [3.8, 4) is 11.3 Å². The number of hydrogen-bond donors (Lipinski definition) is 0. The van der Waals surface area contributed by atoms with E-state index in [0.29, 0.717) is 12.2 Å². The van der Waals surface area contributed by atoms with E-state index >= 15 is 0 Å². The summed E-state index contributed by atoms with van der Waals surface area (Å²) < 4.78 is 3.97. The number of fused-ring (bicyclic) bond motifs is 2. The number of rotatable bonds is 2. The third-order valence-electron chi connectivity index (χ3n) is 5.67. The van der Waals surface area contributed by atoms with Crippen molar-refractivity contribution in [3.05, 3.63) is 54.5 Å². The molecule has 2 aliphatic rings. The summed E-state index contributed by atoms with van der Waals surface area (Å²) in [5.74, 6) is 1.12. The molecule has 1 amide bonds. The molecule has 0 saturated carbocycles. The Morgan fingerprint density at radius 1 is 1.19 bits per heavy atom. The third kappa shape index (κ3) is 2.20. The Hall–Kier alpha value is -2.96. The van der Waals surface area contributed by atoms with Crippen LogP contribution < -0.4 is 0 Å². The first-order valence-electron chi connectivity index (χ1n) is 8.92. The predicted octanol–water partition coefficient (Wildman–Crippen LogP) is 1.87. The van der Waals surface area contributed by atoms with Crippen LogP contribution in [-0.2, 0) is 19.0 Å². The van der Waals surface area contributed by atoms with E-state index in [2.05, 4.69) is 20.7 Å². The summed E-state index contributed by atoms with van der Waals surface area (Å²) in [6, 6.07) is 5.79. The first kappa shape index (κ1) is 15.3. The molecule has 5 heterocycles. The Kier molecular flexibility index (Phi) is 3.25. The number of hydrogen-bond acceptors (Lipinski definition) is 4. The zero-order valence-electron chi connectivity index (χ0n) is 14.7. The number of amides is 1. The minimum Gasteiger partial charge on any atom is -0.336 e. The van der Waals surface area contributed by atoms with Crippen molar-refractivity contribution in [1.29, 1.82) is 0 Å². The molecule has 2 aliphatic heterocycles. The molecule has 0 bridgehead atoms. The van der Waals surface area contributed by atoms with Crippen LogP contribution in [0, 0.1) is 0 Å². The van der Waals surface area contributed by atoms with Crippen LogP contribution >= 0.6 is 0 Å².